The van der Waals surface area contributed by atoms with Gasteiger partial charge in [-0.3, -0.25) is 4.79 Å². The van der Waals surface area contributed by atoms with Gasteiger partial charge < -0.3 is 19.9 Å². The molecule has 0 saturated heterocycles. The average molecular weight is 282 g/mol. The Hall–Kier alpha value is -2.12. The van der Waals surface area contributed by atoms with Crippen molar-refractivity contribution < 1.29 is 9.53 Å². The number of amides is 1. The van der Waals surface area contributed by atoms with Crippen LogP contribution in [0.2, 0.25) is 0 Å². The van der Waals surface area contributed by atoms with Crippen LogP contribution in [0.25, 0.3) is 0 Å². The molecule has 0 unspecified atom stereocenters. The van der Waals surface area contributed by atoms with Gasteiger partial charge >= 0.3 is 6.01 Å². The summed E-state index contributed by atoms with van der Waals surface area (Å²) in [4.78, 5) is 27.7. The summed E-state index contributed by atoms with van der Waals surface area (Å²) >= 11 is 0. The number of ether oxygens (including phenoxy) is 1. The lowest BCUT2D eigenvalue weighted by Crippen LogP contribution is -2.37. The second kappa shape index (κ2) is 7.46. The van der Waals surface area contributed by atoms with Gasteiger partial charge in [0.05, 0.1) is 13.7 Å². The van der Waals surface area contributed by atoms with E-state index in [0.29, 0.717) is 25.0 Å². The summed E-state index contributed by atoms with van der Waals surface area (Å²) in [6.45, 7) is 5.39. The van der Waals surface area contributed by atoms with E-state index in [4.69, 9.17) is 4.74 Å². The molecule has 0 radical (unpaired) electrons. The fourth-order valence-electron chi connectivity index (χ4n) is 1.44. The van der Waals surface area contributed by atoms with Crippen molar-refractivity contribution in [2.75, 3.05) is 51.1 Å². The summed E-state index contributed by atoms with van der Waals surface area (Å²) in [5.41, 5.74) is 0. The number of likely N-dealkylation sites (N-methyl/N-ethyl adjacent to an activating group) is 2. The number of hydrogen-bond acceptors (Lipinski definition) is 7. The number of hydrogen-bond donors (Lipinski definition) is 1. The number of aromatic nitrogens is 3. The molecule has 0 aliphatic rings. The Morgan fingerprint density at radius 2 is 1.95 bits per heavy atom. The van der Waals surface area contributed by atoms with Crippen molar-refractivity contribution in [2.45, 2.75) is 13.8 Å². The molecule has 0 bridgehead atoms. The first kappa shape index (κ1) is 15.9. The highest BCUT2D eigenvalue weighted by atomic mass is 16.5. The van der Waals surface area contributed by atoms with Crippen molar-refractivity contribution in [3.63, 3.8) is 0 Å². The van der Waals surface area contributed by atoms with E-state index in [-0.39, 0.29) is 18.5 Å². The Labute approximate surface area is 119 Å². The maximum absolute atomic E-state index is 11.8. The molecule has 0 aliphatic heterocycles. The molecule has 112 valence electrons. The fraction of sp³-hybridized carbons (Fsp3) is 0.667. The molecule has 1 N–H and O–H groups in total. The number of nitrogens with zero attached hydrogens (tertiary/aromatic N) is 5. The Kier molecular flexibility index (Phi) is 5.95. The van der Waals surface area contributed by atoms with Gasteiger partial charge in [-0.15, -0.1) is 0 Å². The van der Waals surface area contributed by atoms with Crippen LogP contribution in [0.4, 0.5) is 11.9 Å². The zero-order valence-corrected chi connectivity index (χ0v) is 12.7. The predicted molar refractivity (Wildman–Crippen MR) is 77.1 cm³/mol. The molecular weight excluding hydrogens is 260 g/mol. The molecule has 0 aliphatic carbocycles. The van der Waals surface area contributed by atoms with Crippen LogP contribution in [0.5, 0.6) is 6.01 Å². The van der Waals surface area contributed by atoms with Gasteiger partial charge in [0.15, 0.2) is 0 Å². The topological polar surface area (TPSA) is 83.5 Å². The van der Waals surface area contributed by atoms with Crippen molar-refractivity contribution in [2.24, 2.45) is 0 Å². The third-order valence-electron chi connectivity index (χ3n) is 2.61. The number of nitrogens with one attached hydrogen (secondary N) is 1. The molecular formula is C12H22N6O2. The Morgan fingerprint density at radius 3 is 2.45 bits per heavy atom. The first-order valence-corrected chi connectivity index (χ1v) is 6.50. The maximum atomic E-state index is 11.8. The smallest absolute Gasteiger partial charge is 0.322 e. The molecule has 8 nitrogen and oxygen atoms in total. The van der Waals surface area contributed by atoms with E-state index in [1.54, 1.807) is 19.0 Å². The highest BCUT2D eigenvalue weighted by Gasteiger charge is 2.16. The van der Waals surface area contributed by atoms with Gasteiger partial charge in [0.1, 0.15) is 0 Å². The molecule has 1 heterocycles. The van der Waals surface area contributed by atoms with Gasteiger partial charge in [0.25, 0.3) is 0 Å². The van der Waals surface area contributed by atoms with Gasteiger partial charge in [-0.1, -0.05) is 0 Å². The van der Waals surface area contributed by atoms with Gasteiger partial charge in [-0.25, -0.2) is 0 Å². The van der Waals surface area contributed by atoms with Crippen LogP contribution in [0.1, 0.15) is 13.8 Å². The summed E-state index contributed by atoms with van der Waals surface area (Å²) in [6, 6.07) is 0.224. The van der Waals surface area contributed by atoms with Crippen LogP contribution in [0, 0.1) is 0 Å². The van der Waals surface area contributed by atoms with Crippen molar-refractivity contribution in [3.8, 4) is 6.01 Å². The monoisotopic (exact) mass is 282 g/mol. The first-order valence-electron chi connectivity index (χ1n) is 6.50. The molecule has 0 aromatic carbocycles. The summed E-state index contributed by atoms with van der Waals surface area (Å²) < 4.78 is 5.06. The van der Waals surface area contributed by atoms with Crippen LogP contribution in [-0.4, -0.2) is 66.6 Å². The molecule has 1 amide bonds. The first-order chi connectivity index (χ1) is 9.51. The van der Waals surface area contributed by atoms with E-state index in [0.717, 1.165) is 0 Å². The second-order valence-electron chi connectivity index (χ2n) is 4.28. The minimum atomic E-state index is -0.0174. The largest absolute Gasteiger partial charge is 0.467 e. The number of methoxy groups -OCH3 is 1. The van der Waals surface area contributed by atoms with Crippen LogP contribution in [-0.2, 0) is 4.79 Å². The minimum absolute atomic E-state index is 0.0174. The molecule has 8 heteroatoms. The molecule has 0 saturated carbocycles. The van der Waals surface area contributed by atoms with Crippen molar-refractivity contribution >= 4 is 17.8 Å². The van der Waals surface area contributed by atoms with E-state index in [1.807, 2.05) is 13.8 Å². The number of carbonyl (C=O) groups is 1. The highest BCUT2D eigenvalue weighted by Crippen LogP contribution is 2.14. The van der Waals surface area contributed by atoms with E-state index < -0.39 is 0 Å². The average Bonchev–Trinajstić information content (AvgIpc) is 2.44. The molecule has 20 heavy (non-hydrogen) atoms. The Balaban J connectivity index is 3.01. The SMILES string of the molecule is CCNc1nc(OC)nc(N(CC)CC(=O)N(C)C)n1. The number of anilines is 2. The zero-order valence-electron chi connectivity index (χ0n) is 12.7. The van der Waals surface area contributed by atoms with Crippen LogP contribution < -0.4 is 15.0 Å². The molecule has 0 fully saturated rings. The summed E-state index contributed by atoms with van der Waals surface area (Å²) in [5.74, 6) is 0.840. The van der Waals surface area contributed by atoms with Gasteiger partial charge in [0.2, 0.25) is 17.8 Å². The number of rotatable bonds is 7. The van der Waals surface area contributed by atoms with E-state index in [1.165, 1.54) is 12.0 Å². The van der Waals surface area contributed by atoms with Crippen LogP contribution in [0.15, 0.2) is 0 Å². The Morgan fingerprint density at radius 1 is 1.25 bits per heavy atom. The lowest BCUT2D eigenvalue weighted by molar-refractivity contribution is -0.127. The molecule has 0 atom stereocenters. The highest BCUT2D eigenvalue weighted by molar-refractivity contribution is 5.80. The molecule has 1 aromatic heterocycles. The van der Waals surface area contributed by atoms with Crippen molar-refractivity contribution in [1.82, 2.24) is 19.9 Å². The predicted octanol–water partition coefficient (Wildman–Crippen LogP) is 0.227. The Bertz CT molecular complexity index is 452. The molecule has 0 spiro atoms. The van der Waals surface area contributed by atoms with E-state index in [9.17, 15) is 4.79 Å². The van der Waals surface area contributed by atoms with Gasteiger partial charge in [0, 0.05) is 27.2 Å². The van der Waals surface area contributed by atoms with E-state index in [2.05, 4.69) is 20.3 Å². The maximum Gasteiger partial charge on any atom is 0.322 e. The van der Waals surface area contributed by atoms with Gasteiger partial charge in [-0.05, 0) is 13.8 Å². The fourth-order valence-corrected chi connectivity index (χ4v) is 1.44. The normalized spacial score (nSPS) is 10.1. The summed E-state index contributed by atoms with van der Waals surface area (Å²) in [6.07, 6.45) is 0. The van der Waals surface area contributed by atoms with Gasteiger partial charge in [-0.2, -0.15) is 15.0 Å². The standard InChI is InChI=1S/C12H22N6O2/c1-6-13-10-14-11(16-12(15-10)20-5)18(7-2)8-9(19)17(3)4/h6-8H2,1-5H3,(H,13,14,15,16). The summed E-state index contributed by atoms with van der Waals surface area (Å²) in [7, 11) is 4.93. The zero-order chi connectivity index (χ0) is 15.1. The quantitative estimate of drug-likeness (QED) is 0.766. The number of carbonyl (C=O) groups excluding carboxylic acids is 1. The third-order valence-corrected chi connectivity index (χ3v) is 2.61. The third kappa shape index (κ3) is 4.22. The summed E-state index contributed by atoms with van der Waals surface area (Å²) in [5, 5.41) is 3.01. The molecule has 1 aromatic rings. The molecule has 1 rings (SSSR count). The second-order valence-corrected chi connectivity index (χ2v) is 4.28. The van der Waals surface area contributed by atoms with Crippen molar-refractivity contribution in [3.05, 3.63) is 0 Å². The minimum Gasteiger partial charge on any atom is -0.467 e. The van der Waals surface area contributed by atoms with Crippen LogP contribution in [0.3, 0.4) is 0 Å². The van der Waals surface area contributed by atoms with Crippen LogP contribution >= 0.6 is 0 Å². The lowest BCUT2D eigenvalue weighted by Gasteiger charge is -2.22. The van der Waals surface area contributed by atoms with E-state index >= 15 is 0 Å². The lowest BCUT2D eigenvalue weighted by atomic mass is 10.4. The van der Waals surface area contributed by atoms with Crippen molar-refractivity contribution in [1.29, 1.82) is 0 Å².